The van der Waals surface area contributed by atoms with Crippen molar-refractivity contribution in [2.45, 2.75) is 6.18 Å². The normalized spacial score (nSPS) is 11.6. The number of benzene rings is 2. The highest BCUT2D eigenvalue weighted by atomic mass is 35.5. The summed E-state index contributed by atoms with van der Waals surface area (Å²) in [5, 5.41) is 0.447. The quantitative estimate of drug-likeness (QED) is 0.753. The van der Waals surface area contributed by atoms with Crippen LogP contribution in [0.3, 0.4) is 0 Å². The van der Waals surface area contributed by atoms with Crippen LogP contribution in [-0.4, -0.2) is 0 Å². The molecule has 0 amide bonds. The highest BCUT2D eigenvalue weighted by Gasteiger charge is 2.30. The lowest BCUT2D eigenvalue weighted by atomic mass is 10.0. The maximum absolute atomic E-state index is 12.6. The highest BCUT2D eigenvalue weighted by molar-refractivity contribution is 6.31. The molecule has 0 heterocycles. The van der Waals surface area contributed by atoms with E-state index in [1.807, 2.05) is 0 Å². The predicted molar refractivity (Wildman–Crippen MR) is 66.3 cm³/mol. The Morgan fingerprint density at radius 2 is 1.72 bits per heavy atom. The Morgan fingerprint density at radius 3 is 2.33 bits per heavy atom. The zero-order valence-corrected chi connectivity index (χ0v) is 9.89. The molecule has 0 aromatic heterocycles. The van der Waals surface area contributed by atoms with Crippen LogP contribution in [0.5, 0.6) is 0 Å². The summed E-state index contributed by atoms with van der Waals surface area (Å²) in [5.74, 6) is 0. The van der Waals surface area contributed by atoms with E-state index in [0.717, 1.165) is 12.1 Å². The predicted octanol–water partition coefficient (Wildman–Crippen LogP) is 4.61. The summed E-state index contributed by atoms with van der Waals surface area (Å²) in [6.45, 7) is 0. The molecule has 2 rings (SSSR count). The average Bonchev–Trinajstić information content (AvgIpc) is 2.28. The van der Waals surface area contributed by atoms with Crippen molar-refractivity contribution in [2.75, 3.05) is 5.73 Å². The summed E-state index contributed by atoms with van der Waals surface area (Å²) in [7, 11) is 0. The molecule has 2 aromatic carbocycles. The third-order valence-electron chi connectivity index (χ3n) is 2.51. The number of hydrogen-bond donors (Lipinski definition) is 1. The zero-order chi connectivity index (χ0) is 13.3. The monoisotopic (exact) mass is 271 g/mol. The third-order valence-corrected chi connectivity index (χ3v) is 2.75. The largest absolute Gasteiger partial charge is 0.416 e. The van der Waals surface area contributed by atoms with Gasteiger partial charge in [-0.3, -0.25) is 0 Å². The fraction of sp³-hybridized carbons (Fsp3) is 0.0769. The van der Waals surface area contributed by atoms with Gasteiger partial charge in [0.05, 0.1) is 5.56 Å². The first-order chi connectivity index (χ1) is 8.38. The van der Waals surface area contributed by atoms with Crippen LogP contribution in [0.2, 0.25) is 5.02 Å². The van der Waals surface area contributed by atoms with Crippen LogP contribution < -0.4 is 5.73 Å². The molecule has 0 radical (unpaired) electrons. The van der Waals surface area contributed by atoms with E-state index in [2.05, 4.69) is 0 Å². The van der Waals surface area contributed by atoms with Crippen molar-refractivity contribution in [3.63, 3.8) is 0 Å². The molecule has 0 bridgehead atoms. The fourth-order valence-corrected chi connectivity index (χ4v) is 1.84. The van der Waals surface area contributed by atoms with Crippen molar-refractivity contribution >= 4 is 17.3 Å². The first-order valence-electron chi connectivity index (χ1n) is 5.10. The van der Waals surface area contributed by atoms with E-state index in [-0.39, 0.29) is 0 Å². The second-order valence-corrected chi connectivity index (χ2v) is 4.25. The van der Waals surface area contributed by atoms with Gasteiger partial charge in [-0.05, 0) is 29.8 Å². The Bertz CT molecular complexity index is 579. The van der Waals surface area contributed by atoms with Gasteiger partial charge in [0, 0.05) is 16.3 Å². The average molecular weight is 272 g/mol. The molecule has 0 unspecified atom stereocenters. The van der Waals surface area contributed by atoms with E-state index < -0.39 is 11.7 Å². The summed E-state index contributed by atoms with van der Waals surface area (Å²) in [6.07, 6.45) is -4.36. The van der Waals surface area contributed by atoms with Gasteiger partial charge in [0.25, 0.3) is 0 Å². The van der Waals surface area contributed by atoms with Gasteiger partial charge in [0.15, 0.2) is 0 Å². The van der Waals surface area contributed by atoms with Crippen LogP contribution >= 0.6 is 11.6 Å². The summed E-state index contributed by atoms with van der Waals surface area (Å²) in [4.78, 5) is 0. The Kier molecular flexibility index (Phi) is 3.22. The lowest BCUT2D eigenvalue weighted by molar-refractivity contribution is -0.137. The van der Waals surface area contributed by atoms with Crippen LogP contribution in [0, 0.1) is 0 Å². The maximum atomic E-state index is 12.6. The van der Waals surface area contributed by atoms with Crippen LogP contribution in [0.25, 0.3) is 11.1 Å². The van der Waals surface area contributed by atoms with Crippen molar-refractivity contribution in [3.8, 4) is 11.1 Å². The van der Waals surface area contributed by atoms with E-state index >= 15 is 0 Å². The number of nitrogens with two attached hydrogens (primary N) is 1. The van der Waals surface area contributed by atoms with Gasteiger partial charge in [-0.1, -0.05) is 29.8 Å². The van der Waals surface area contributed by atoms with Gasteiger partial charge in [-0.2, -0.15) is 13.2 Å². The number of hydrogen-bond acceptors (Lipinski definition) is 1. The van der Waals surface area contributed by atoms with E-state index in [4.69, 9.17) is 17.3 Å². The molecular weight excluding hydrogens is 263 g/mol. The molecule has 0 saturated carbocycles. The minimum Gasteiger partial charge on any atom is -0.398 e. The first-order valence-corrected chi connectivity index (χ1v) is 5.48. The second kappa shape index (κ2) is 4.53. The number of rotatable bonds is 1. The van der Waals surface area contributed by atoms with E-state index in [1.165, 1.54) is 12.1 Å². The number of halogens is 4. The Labute approximate surface area is 107 Å². The highest BCUT2D eigenvalue weighted by Crippen LogP contribution is 2.34. The van der Waals surface area contributed by atoms with E-state index in [1.54, 1.807) is 18.2 Å². The summed E-state index contributed by atoms with van der Waals surface area (Å²) in [6, 6.07) is 9.73. The standard InChI is InChI=1S/C13H9ClF3N/c14-10-4-5-11(12(18)7-10)8-2-1-3-9(6-8)13(15,16)17/h1-7H,18H2. The van der Waals surface area contributed by atoms with E-state index in [9.17, 15) is 13.2 Å². The first kappa shape index (κ1) is 12.8. The summed E-state index contributed by atoms with van der Waals surface area (Å²) < 4.78 is 37.8. The van der Waals surface area contributed by atoms with Crippen molar-refractivity contribution in [2.24, 2.45) is 0 Å². The number of anilines is 1. The smallest absolute Gasteiger partial charge is 0.398 e. The molecule has 0 aliphatic heterocycles. The molecule has 2 aromatic rings. The topological polar surface area (TPSA) is 26.0 Å². The molecular formula is C13H9ClF3N. The fourth-order valence-electron chi connectivity index (χ4n) is 1.66. The van der Waals surface area contributed by atoms with Crippen molar-refractivity contribution in [1.82, 2.24) is 0 Å². The lowest BCUT2D eigenvalue weighted by Gasteiger charge is -2.10. The van der Waals surface area contributed by atoms with Crippen LogP contribution in [-0.2, 0) is 6.18 Å². The van der Waals surface area contributed by atoms with Crippen molar-refractivity contribution < 1.29 is 13.2 Å². The molecule has 94 valence electrons. The molecule has 0 saturated heterocycles. The number of nitrogen functional groups attached to an aromatic ring is 1. The molecule has 0 fully saturated rings. The van der Waals surface area contributed by atoms with Gasteiger partial charge in [-0.25, -0.2) is 0 Å². The van der Waals surface area contributed by atoms with Crippen molar-refractivity contribution in [1.29, 1.82) is 0 Å². The molecule has 0 spiro atoms. The minimum atomic E-state index is -4.36. The summed E-state index contributed by atoms with van der Waals surface area (Å²) in [5.41, 5.74) is 6.34. The molecule has 1 nitrogen and oxygen atoms in total. The molecule has 0 atom stereocenters. The second-order valence-electron chi connectivity index (χ2n) is 3.81. The molecule has 0 aliphatic rings. The zero-order valence-electron chi connectivity index (χ0n) is 9.13. The van der Waals surface area contributed by atoms with Gasteiger partial charge < -0.3 is 5.73 Å². The number of alkyl halides is 3. The lowest BCUT2D eigenvalue weighted by Crippen LogP contribution is -2.04. The van der Waals surface area contributed by atoms with Crippen LogP contribution in [0.15, 0.2) is 42.5 Å². The third kappa shape index (κ3) is 2.59. The van der Waals surface area contributed by atoms with Gasteiger partial charge in [0.2, 0.25) is 0 Å². The minimum absolute atomic E-state index is 0.349. The van der Waals surface area contributed by atoms with Crippen molar-refractivity contribution in [3.05, 3.63) is 53.1 Å². The van der Waals surface area contributed by atoms with Crippen LogP contribution in [0.4, 0.5) is 18.9 Å². The Hall–Kier alpha value is -1.68. The Balaban J connectivity index is 2.51. The maximum Gasteiger partial charge on any atom is 0.416 e. The Morgan fingerprint density at radius 1 is 1.00 bits per heavy atom. The summed E-state index contributed by atoms with van der Waals surface area (Å²) >= 11 is 5.75. The van der Waals surface area contributed by atoms with Gasteiger partial charge >= 0.3 is 6.18 Å². The molecule has 2 N–H and O–H groups in total. The molecule has 18 heavy (non-hydrogen) atoms. The van der Waals surface area contributed by atoms with Gasteiger partial charge in [0.1, 0.15) is 0 Å². The van der Waals surface area contributed by atoms with Gasteiger partial charge in [-0.15, -0.1) is 0 Å². The van der Waals surface area contributed by atoms with Crippen LogP contribution in [0.1, 0.15) is 5.56 Å². The molecule has 0 aliphatic carbocycles. The SMILES string of the molecule is Nc1cc(Cl)ccc1-c1cccc(C(F)(F)F)c1. The molecule has 5 heteroatoms. The van der Waals surface area contributed by atoms with E-state index in [0.29, 0.717) is 21.8 Å².